The summed E-state index contributed by atoms with van der Waals surface area (Å²) in [6.45, 7) is 4.84. The molecule has 0 aromatic carbocycles. The van der Waals surface area contributed by atoms with E-state index in [1.54, 1.807) is 0 Å². The molecule has 1 aromatic heterocycles. The first-order valence-electron chi connectivity index (χ1n) is 5.86. The molecule has 1 heterocycles. The molecule has 2 rings (SSSR count). The lowest BCUT2D eigenvalue weighted by Gasteiger charge is -2.33. The second-order valence-electron chi connectivity index (χ2n) is 5.27. The Kier molecular flexibility index (Phi) is 3.17. The molecule has 0 bridgehead atoms. The molecule has 1 saturated carbocycles. The lowest BCUT2D eigenvalue weighted by atomic mass is 9.77. The zero-order valence-electron chi connectivity index (χ0n) is 9.92. The van der Waals surface area contributed by atoms with Crippen molar-refractivity contribution < 1.29 is 0 Å². The van der Waals surface area contributed by atoms with Gasteiger partial charge in [-0.1, -0.05) is 26.3 Å². The number of rotatable bonds is 3. The van der Waals surface area contributed by atoms with Crippen LogP contribution in [0.4, 0.5) is 0 Å². The summed E-state index contributed by atoms with van der Waals surface area (Å²) in [5.41, 5.74) is 0.498. The molecule has 0 amide bonds. The molecule has 1 N–H and O–H groups in total. The Bertz CT molecular complexity index is 302. The van der Waals surface area contributed by atoms with Crippen molar-refractivity contribution in [2.24, 2.45) is 11.3 Å². The van der Waals surface area contributed by atoms with Crippen LogP contribution in [0.25, 0.3) is 0 Å². The average Bonchev–Trinajstić information content (AvgIpc) is 2.78. The molecule has 2 heteroatoms. The van der Waals surface area contributed by atoms with E-state index in [0.29, 0.717) is 11.5 Å². The van der Waals surface area contributed by atoms with Crippen molar-refractivity contribution in [3.63, 3.8) is 0 Å². The van der Waals surface area contributed by atoms with E-state index in [4.69, 9.17) is 0 Å². The van der Waals surface area contributed by atoms with Crippen molar-refractivity contribution in [3.8, 4) is 0 Å². The number of hydrogen-bond donors (Lipinski definition) is 1. The molecule has 15 heavy (non-hydrogen) atoms. The van der Waals surface area contributed by atoms with Gasteiger partial charge in [0.25, 0.3) is 0 Å². The average molecular weight is 223 g/mol. The minimum atomic E-state index is 0.498. The van der Waals surface area contributed by atoms with Crippen molar-refractivity contribution in [3.05, 3.63) is 22.4 Å². The molecule has 1 aromatic rings. The highest BCUT2D eigenvalue weighted by Gasteiger charge is 2.39. The van der Waals surface area contributed by atoms with Crippen molar-refractivity contribution in [1.29, 1.82) is 0 Å². The predicted octanol–water partition coefficient (Wildman–Crippen LogP) is 3.83. The fourth-order valence-electron chi connectivity index (χ4n) is 2.98. The van der Waals surface area contributed by atoms with Crippen LogP contribution in [0.3, 0.4) is 0 Å². The van der Waals surface area contributed by atoms with Crippen molar-refractivity contribution in [1.82, 2.24) is 5.32 Å². The molecule has 0 aliphatic heterocycles. The van der Waals surface area contributed by atoms with Gasteiger partial charge in [-0.05, 0) is 42.7 Å². The number of hydrogen-bond acceptors (Lipinski definition) is 2. The fraction of sp³-hybridized carbons (Fsp3) is 0.692. The molecular formula is C13H21NS. The second kappa shape index (κ2) is 4.26. The minimum Gasteiger partial charge on any atom is -0.312 e. The van der Waals surface area contributed by atoms with E-state index < -0.39 is 0 Å². The lowest BCUT2D eigenvalue weighted by Crippen LogP contribution is -2.31. The van der Waals surface area contributed by atoms with Gasteiger partial charge in [-0.15, -0.1) is 11.3 Å². The number of nitrogens with one attached hydrogen (secondary N) is 1. The second-order valence-corrected chi connectivity index (χ2v) is 6.25. The summed E-state index contributed by atoms with van der Waals surface area (Å²) in [5.74, 6) is 0.793. The SMILES string of the molecule is CNC(c1cccs1)C1CCCC1(C)C. The third kappa shape index (κ3) is 2.11. The largest absolute Gasteiger partial charge is 0.312 e. The van der Waals surface area contributed by atoms with Crippen molar-refractivity contribution in [2.75, 3.05) is 7.05 Å². The highest BCUT2D eigenvalue weighted by molar-refractivity contribution is 7.10. The molecule has 2 unspecified atom stereocenters. The van der Waals surface area contributed by atoms with Gasteiger partial charge >= 0.3 is 0 Å². The summed E-state index contributed by atoms with van der Waals surface area (Å²) in [6.07, 6.45) is 4.14. The van der Waals surface area contributed by atoms with Crippen molar-refractivity contribution >= 4 is 11.3 Å². The van der Waals surface area contributed by atoms with Crippen LogP contribution in [0.1, 0.15) is 44.0 Å². The van der Waals surface area contributed by atoms with Gasteiger partial charge in [-0.25, -0.2) is 0 Å². The molecule has 1 aliphatic carbocycles. The van der Waals surface area contributed by atoms with Crippen molar-refractivity contribution in [2.45, 2.75) is 39.2 Å². The zero-order valence-corrected chi connectivity index (χ0v) is 10.7. The summed E-state index contributed by atoms with van der Waals surface area (Å²) in [4.78, 5) is 1.50. The number of thiophene rings is 1. The first-order chi connectivity index (χ1) is 7.15. The summed E-state index contributed by atoms with van der Waals surface area (Å²) < 4.78 is 0. The maximum absolute atomic E-state index is 3.51. The summed E-state index contributed by atoms with van der Waals surface area (Å²) >= 11 is 1.88. The van der Waals surface area contributed by atoms with E-state index in [9.17, 15) is 0 Å². The van der Waals surface area contributed by atoms with E-state index in [0.717, 1.165) is 5.92 Å². The van der Waals surface area contributed by atoms with Crippen LogP contribution >= 0.6 is 11.3 Å². The first-order valence-corrected chi connectivity index (χ1v) is 6.74. The maximum Gasteiger partial charge on any atom is 0.0446 e. The standard InChI is InChI=1S/C13H21NS/c1-13(2)8-4-6-10(13)12(14-3)11-7-5-9-15-11/h5,7,9-10,12,14H,4,6,8H2,1-3H3. The van der Waals surface area contributed by atoms with Crippen LogP contribution in [-0.2, 0) is 0 Å². The highest BCUT2D eigenvalue weighted by Crippen LogP contribution is 2.49. The summed E-state index contributed by atoms with van der Waals surface area (Å²) in [5, 5.41) is 5.69. The summed E-state index contributed by atoms with van der Waals surface area (Å²) in [6, 6.07) is 4.98. The third-order valence-electron chi connectivity index (χ3n) is 3.90. The van der Waals surface area contributed by atoms with Gasteiger partial charge in [0.2, 0.25) is 0 Å². The Morgan fingerprint density at radius 1 is 1.53 bits per heavy atom. The topological polar surface area (TPSA) is 12.0 Å². The molecule has 84 valence electrons. The Morgan fingerprint density at radius 3 is 2.80 bits per heavy atom. The van der Waals surface area contributed by atoms with Crippen LogP contribution in [0.15, 0.2) is 17.5 Å². The van der Waals surface area contributed by atoms with Gasteiger partial charge in [0.1, 0.15) is 0 Å². The van der Waals surface area contributed by atoms with E-state index in [2.05, 4.69) is 43.7 Å². The normalized spacial score (nSPS) is 26.7. The predicted molar refractivity (Wildman–Crippen MR) is 67.2 cm³/mol. The Morgan fingerprint density at radius 2 is 2.33 bits per heavy atom. The Balaban J connectivity index is 2.20. The monoisotopic (exact) mass is 223 g/mol. The highest BCUT2D eigenvalue weighted by atomic mass is 32.1. The molecule has 2 atom stereocenters. The minimum absolute atomic E-state index is 0.498. The fourth-order valence-corrected chi connectivity index (χ4v) is 3.88. The van der Waals surface area contributed by atoms with Crippen LogP contribution in [-0.4, -0.2) is 7.05 Å². The van der Waals surface area contributed by atoms with Gasteiger partial charge in [0, 0.05) is 10.9 Å². The third-order valence-corrected chi connectivity index (χ3v) is 4.86. The van der Waals surface area contributed by atoms with Crippen LogP contribution in [0.5, 0.6) is 0 Å². The van der Waals surface area contributed by atoms with Gasteiger partial charge in [0.15, 0.2) is 0 Å². The first kappa shape index (κ1) is 11.2. The lowest BCUT2D eigenvalue weighted by molar-refractivity contribution is 0.205. The Hall–Kier alpha value is -0.340. The molecular weight excluding hydrogens is 202 g/mol. The van der Waals surface area contributed by atoms with Gasteiger partial charge in [-0.2, -0.15) is 0 Å². The van der Waals surface area contributed by atoms with E-state index in [1.807, 2.05) is 11.3 Å². The molecule has 0 spiro atoms. The van der Waals surface area contributed by atoms with Crippen LogP contribution in [0.2, 0.25) is 0 Å². The summed E-state index contributed by atoms with van der Waals surface area (Å²) in [7, 11) is 2.10. The molecule has 1 nitrogen and oxygen atoms in total. The van der Waals surface area contributed by atoms with Crippen LogP contribution in [0, 0.1) is 11.3 Å². The zero-order chi connectivity index (χ0) is 10.9. The quantitative estimate of drug-likeness (QED) is 0.821. The van der Waals surface area contributed by atoms with E-state index in [1.165, 1.54) is 24.1 Å². The van der Waals surface area contributed by atoms with E-state index in [-0.39, 0.29) is 0 Å². The maximum atomic E-state index is 3.51. The van der Waals surface area contributed by atoms with Gasteiger partial charge in [-0.3, -0.25) is 0 Å². The molecule has 1 aliphatic rings. The van der Waals surface area contributed by atoms with Crippen LogP contribution < -0.4 is 5.32 Å². The van der Waals surface area contributed by atoms with Gasteiger partial charge < -0.3 is 5.32 Å². The van der Waals surface area contributed by atoms with Gasteiger partial charge in [0.05, 0.1) is 0 Å². The van der Waals surface area contributed by atoms with E-state index >= 15 is 0 Å². The Labute approximate surface area is 96.9 Å². The molecule has 0 radical (unpaired) electrons. The molecule has 1 fully saturated rings. The molecule has 0 saturated heterocycles. The smallest absolute Gasteiger partial charge is 0.0446 e.